The second-order valence-electron chi connectivity index (χ2n) is 4.84. The van der Waals surface area contributed by atoms with E-state index in [-0.39, 0.29) is 5.92 Å². The Bertz CT molecular complexity index is 634. The molecule has 0 bridgehead atoms. The largest absolute Gasteiger partial charge is 0.496 e. The van der Waals surface area contributed by atoms with Crippen molar-refractivity contribution in [1.82, 2.24) is 15.5 Å². The highest BCUT2D eigenvalue weighted by atomic mass is 35.5. The summed E-state index contributed by atoms with van der Waals surface area (Å²) < 4.78 is 10.8. The number of nitrogens with zero attached hydrogens (tertiary/aromatic N) is 2. The van der Waals surface area contributed by atoms with Crippen LogP contribution in [0.15, 0.2) is 22.7 Å². The third-order valence-corrected chi connectivity index (χ3v) is 5.04. The molecule has 1 aromatic carbocycles. The van der Waals surface area contributed by atoms with Crippen LogP contribution in [0.4, 0.5) is 0 Å². The van der Waals surface area contributed by atoms with E-state index < -0.39 is 0 Å². The van der Waals surface area contributed by atoms with Crippen molar-refractivity contribution in [3.05, 3.63) is 29.1 Å². The van der Waals surface area contributed by atoms with Gasteiger partial charge >= 0.3 is 0 Å². The monoisotopic (exact) mass is 325 g/mol. The van der Waals surface area contributed by atoms with Crippen molar-refractivity contribution < 1.29 is 9.26 Å². The molecule has 1 N–H and O–H groups in total. The smallest absolute Gasteiger partial charge is 0.232 e. The molecular formula is C14H16ClN3O2S. The van der Waals surface area contributed by atoms with Crippen LogP contribution in [0.25, 0.3) is 11.4 Å². The molecule has 1 aliphatic rings. The maximum atomic E-state index is 5.97. The average molecular weight is 326 g/mol. The molecule has 0 saturated carbocycles. The molecule has 2 unspecified atom stereocenters. The van der Waals surface area contributed by atoms with Crippen LogP contribution in [-0.4, -0.2) is 41.8 Å². The first-order chi connectivity index (χ1) is 10.2. The molecule has 2 heterocycles. The first-order valence-corrected chi connectivity index (χ1v) is 8.18. The van der Waals surface area contributed by atoms with Crippen molar-refractivity contribution in [1.29, 1.82) is 0 Å². The number of aromatic nitrogens is 2. The number of benzene rings is 1. The molecule has 0 spiro atoms. The molecule has 0 radical (unpaired) electrons. The van der Waals surface area contributed by atoms with Gasteiger partial charge in [-0.25, -0.2) is 0 Å². The van der Waals surface area contributed by atoms with Gasteiger partial charge in [-0.15, -0.1) is 0 Å². The minimum absolute atomic E-state index is 0.250. The third kappa shape index (κ3) is 2.88. The lowest BCUT2D eigenvalue weighted by molar-refractivity contribution is 0.343. The van der Waals surface area contributed by atoms with Crippen LogP contribution < -0.4 is 10.1 Å². The molecule has 3 rings (SSSR count). The average Bonchev–Trinajstić information content (AvgIpc) is 3.15. The van der Waals surface area contributed by atoms with E-state index in [2.05, 4.69) is 15.5 Å². The highest BCUT2D eigenvalue weighted by Gasteiger charge is 2.32. The minimum atomic E-state index is 0.250. The van der Waals surface area contributed by atoms with Crippen molar-refractivity contribution in [3.63, 3.8) is 0 Å². The lowest BCUT2D eigenvalue weighted by Crippen LogP contribution is -2.31. The van der Waals surface area contributed by atoms with Crippen molar-refractivity contribution in [2.45, 2.75) is 12.0 Å². The number of halogens is 1. The second kappa shape index (κ2) is 6.25. The number of hydrogen-bond acceptors (Lipinski definition) is 6. The van der Waals surface area contributed by atoms with Gasteiger partial charge < -0.3 is 14.6 Å². The van der Waals surface area contributed by atoms with Gasteiger partial charge in [0.15, 0.2) is 0 Å². The summed E-state index contributed by atoms with van der Waals surface area (Å²) in [6.07, 6.45) is 0. The number of likely N-dealkylation sites (N-methyl/N-ethyl adjacent to an activating group) is 1. The fraction of sp³-hybridized carbons (Fsp3) is 0.429. The summed E-state index contributed by atoms with van der Waals surface area (Å²) in [4.78, 5) is 4.54. The zero-order valence-corrected chi connectivity index (χ0v) is 13.4. The zero-order valence-electron chi connectivity index (χ0n) is 11.8. The molecule has 0 aliphatic carbocycles. The first-order valence-electron chi connectivity index (χ1n) is 6.65. The number of hydrogen-bond donors (Lipinski definition) is 1. The Morgan fingerprint density at radius 3 is 3.05 bits per heavy atom. The Morgan fingerprint density at radius 1 is 1.43 bits per heavy atom. The van der Waals surface area contributed by atoms with Crippen LogP contribution in [-0.2, 0) is 0 Å². The summed E-state index contributed by atoms with van der Waals surface area (Å²) in [5.41, 5.74) is 0.781. The maximum absolute atomic E-state index is 5.97. The van der Waals surface area contributed by atoms with Crippen molar-refractivity contribution in [2.75, 3.05) is 25.7 Å². The molecule has 1 aliphatic heterocycles. The molecule has 7 heteroatoms. The second-order valence-corrected chi connectivity index (χ2v) is 6.35. The normalized spacial score (nSPS) is 21.7. The van der Waals surface area contributed by atoms with Gasteiger partial charge in [0, 0.05) is 22.6 Å². The maximum Gasteiger partial charge on any atom is 0.232 e. The number of thioether (sulfide) groups is 1. The molecule has 21 heavy (non-hydrogen) atoms. The van der Waals surface area contributed by atoms with E-state index >= 15 is 0 Å². The van der Waals surface area contributed by atoms with Gasteiger partial charge in [0.1, 0.15) is 5.75 Å². The lowest BCUT2D eigenvalue weighted by atomic mass is 10.0. The predicted molar refractivity (Wildman–Crippen MR) is 84.2 cm³/mol. The molecule has 0 amide bonds. The summed E-state index contributed by atoms with van der Waals surface area (Å²) >= 11 is 7.87. The topological polar surface area (TPSA) is 60.2 Å². The van der Waals surface area contributed by atoms with E-state index in [1.165, 1.54) is 0 Å². The Balaban J connectivity index is 1.91. The summed E-state index contributed by atoms with van der Waals surface area (Å²) in [5.74, 6) is 4.14. The quantitative estimate of drug-likeness (QED) is 0.932. The van der Waals surface area contributed by atoms with Gasteiger partial charge in [0.2, 0.25) is 11.7 Å². The summed E-state index contributed by atoms with van der Waals surface area (Å²) in [7, 11) is 3.56. The minimum Gasteiger partial charge on any atom is -0.496 e. The number of methoxy groups -OCH3 is 1. The fourth-order valence-electron chi connectivity index (χ4n) is 2.43. The van der Waals surface area contributed by atoms with Crippen LogP contribution in [0.5, 0.6) is 5.75 Å². The van der Waals surface area contributed by atoms with Crippen molar-refractivity contribution in [2.24, 2.45) is 0 Å². The summed E-state index contributed by atoms with van der Waals surface area (Å²) in [5, 5.41) is 8.01. The molecule has 112 valence electrons. The highest BCUT2D eigenvalue weighted by Crippen LogP contribution is 2.35. The fourth-order valence-corrected chi connectivity index (χ4v) is 4.01. The molecule has 1 fully saturated rings. The Hall–Kier alpha value is -1.24. The molecule has 2 atom stereocenters. The number of rotatable bonds is 4. The van der Waals surface area contributed by atoms with E-state index in [0.717, 1.165) is 17.1 Å². The van der Waals surface area contributed by atoms with E-state index in [0.29, 0.717) is 28.5 Å². The van der Waals surface area contributed by atoms with Crippen molar-refractivity contribution in [3.8, 4) is 17.1 Å². The van der Waals surface area contributed by atoms with E-state index in [1.807, 2.05) is 24.9 Å². The number of ether oxygens (including phenoxy) is 1. The van der Waals surface area contributed by atoms with Crippen LogP contribution in [0.1, 0.15) is 11.8 Å². The lowest BCUT2D eigenvalue weighted by Gasteiger charge is -2.13. The van der Waals surface area contributed by atoms with Gasteiger partial charge in [-0.2, -0.15) is 16.7 Å². The molecular weight excluding hydrogens is 310 g/mol. The van der Waals surface area contributed by atoms with Gasteiger partial charge in [-0.05, 0) is 25.2 Å². The third-order valence-electron chi connectivity index (χ3n) is 3.61. The van der Waals surface area contributed by atoms with Crippen LogP contribution >= 0.6 is 23.4 Å². The predicted octanol–water partition coefficient (Wildman–Crippen LogP) is 2.82. The van der Waals surface area contributed by atoms with E-state index in [1.54, 1.807) is 19.2 Å². The molecule has 1 saturated heterocycles. The standard InChI is InChI=1S/C14H16ClN3O2S/c1-16-11-7-21-6-10(11)14-17-13(18-20-14)9-4-3-8(15)5-12(9)19-2/h3-5,10-11,16H,6-7H2,1-2H3. The number of nitrogens with one attached hydrogen (secondary N) is 1. The SMILES string of the molecule is CNC1CSCC1c1nc(-c2ccc(Cl)cc2OC)no1. The van der Waals surface area contributed by atoms with Crippen LogP contribution in [0.3, 0.4) is 0 Å². The van der Waals surface area contributed by atoms with Gasteiger partial charge in [-0.3, -0.25) is 0 Å². The van der Waals surface area contributed by atoms with Gasteiger partial charge in [-0.1, -0.05) is 16.8 Å². The molecule has 1 aromatic heterocycles. The van der Waals surface area contributed by atoms with E-state index in [9.17, 15) is 0 Å². The first kappa shape index (κ1) is 14.7. The highest BCUT2D eigenvalue weighted by molar-refractivity contribution is 7.99. The Morgan fingerprint density at radius 2 is 2.29 bits per heavy atom. The summed E-state index contributed by atoms with van der Waals surface area (Å²) in [6.45, 7) is 0. The van der Waals surface area contributed by atoms with Crippen LogP contribution in [0.2, 0.25) is 5.02 Å². The zero-order chi connectivity index (χ0) is 14.8. The molecule has 2 aromatic rings. The summed E-state index contributed by atoms with van der Waals surface area (Å²) in [6, 6.07) is 5.75. The van der Waals surface area contributed by atoms with Crippen LogP contribution in [0, 0.1) is 0 Å². The van der Waals surface area contributed by atoms with Gasteiger partial charge in [0.25, 0.3) is 0 Å². The Labute approximate surface area is 132 Å². The Kier molecular flexibility index (Phi) is 4.37. The molecule has 5 nitrogen and oxygen atoms in total. The van der Waals surface area contributed by atoms with E-state index in [4.69, 9.17) is 20.9 Å². The van der Waals surface area contributed by atoms with Crippen molar-refractivity contribution >= 4 is 23.4 Å². The van der Waals surface area contributed by atoms with Gasteiger partial charge in [0.05, 0.1) is 18.6 Å².